The van der Waals surface area contributed by atoms with Gasteiger partial charge in [0.1, 0.15) is 17.2 Å². The topological polar surface area (TPSA) is 86.5 Å². The van der Waals surface area contributed by atoms with Gasteiger partial charge in [-0.15, -0.1) is 0 Å². The highest BCUT2D eigenvalue weighted by Gasteiger charge is 2.22. The summed E-state index contributed by atoms with van der Waals surface area (Å²) in [6.45, 7) is 3.03. The number of rotatable bonds is 9. The van der Waals surface area contributed by atoms with Gasteiger partial charge in [0.05, 0.1) is 25.0 Å². The largest absolute Gasteiger partial charge is 0.476 e. The molecule has 1 aliphatic rings. The molecule has 1 atom stereocenters. The van der Waals surface area contributed by atoms with Crippen LogP contribution in [0.4, 0.5) is 0 Å². The fraction of sp³-hybridized carbons (Fsp3) is 0.500. The second-order valence-corrected chi connectivity index (χ2v) is 6.25. The zero-order valence-electron chi connectivity index (χ0n) is 14.5. The van der Waals surface area contributed by atoms with Crippen LogP contribution in [0.25, 0.3) is 0 Å². The van der Waals surface area contributed by atoms with Crippen LogP contribution in [-0.4, -0.2) is 36.2 Å². The fourth-order valence-electron chi connectivity index (χ4n) is 2.39. The van der Waals surface area contributed by atoms with E-state index in [2.05, 4.69) is 15.3 Å². The Labute approximate surface area is 146 Å². The smallest absolute Gasteiger partial charge is 0.272 e. The highest BCUT2D eigenvalue weighted by Crippen LogP contribution is 2.29. The summed E-state index contributed by atoms with van der Waals surface area (Å²) in [5, 5.41) is 2.92. The van der Waals surface area contributed by atoms with Gasteiger partial charge in [0.15, 0.2) is 0 Å². The minimum Gasteiger partial charge on any atom is -0.476 e. The van der Waals surface area contributed by atoms with Crippen molar-refractivity contribution in [3.63, 3.8) is 0 Å². The zero-order chi connectivity index (χ0) is 17.6. The number of carbonyl (C=O) groups excluding carboxylic acids is 1. The average molecular weight is 345 g/mol. The van der Waals surface area contributed by atoms with E-state index in [0.717, 1.165) is 5.76 Å². The number of aromatic nitrogens is 2. The molecule has 1 saturated carbocycles. The lowest BCUT2D eigenvalue weighted by Gasteiger charge is -2.16. The molecule has 0 saturated heterocycles. The lowest BCUT2D eigenvalue weighted by Crippen LogP contribution is -2.30. The molecule has 7 nitrogen and oxygen atoms in total. The first-order chi connectivity index (χ1) is 12.2. The van der Waals surface area contributed by atoms with Crippen molar-refractivity contribution in [1.82, 2.24) is 15.3 Å². The lowest BCUT2D eigenvalue weighted by atomic mass is 10.1. The third-order valence-electron chi connectivity index (χ3n) is 4.05. The number of ether oxygens (including phenoxy) is 2. The molecule has 7 heteroatoms. The fourth-order valence-corrected chi connectivity index (χ4v) is 2.39. The summed E-state index contributed by atoms with van der Waals surface area (Å²) in [5.74, 6) is 2.27. The third kappa shape index (κ3) is 5.03. The van der Waals surface area contributed by atoms with Crippen molar-refractivity contribution in [1.29, 1.82) is 0 Å². The van der Waals surface area contributed by atoms with Gasteiger partial charge in [-0.2, -0.15) is 0 Å². The summed E-state index contributed by atoms with van der Waals surface area (Å²) >= 11 is 0. The minimum atomic E-state index is -0.309. The number of aryl methyl sites for hydroxylation is 1. The molecule has 0 bridgehead atoms. The highest BCUT2D eigenvalue weighted by atomic mass is 16.5. The van der Waals surface area contributed by atoms with Crippen molar-refractivity contribution in [2.75, 3.05) is 20.3 Å². The molecule has 1 unspecified atom stereocenters. The SMILES string of the molecule is COCCC(NC(=O)c1cnc(OCC2CC2)cn1)c1ccc(C)o1. The molecule has 1 N–H and O–H groups in total. The predicted molar refractivity (Wildman–Crippen MR) is 90.4 cm³/mol. The quantitative estimate of drug-likeness (QED) is 0.752. The van der Waals surface area contributed by atoms with Crippen molar-refractivity contribution >= 4 is 5.91 Å². The van der Waals surface area contributed by atoms with E-state index in [-0.39, 0.29) is 17.6 Å². The molecule has 1 fully saturated rings. The van der Waals surface area contributed by atoms with Crippen LogP contribution in [0.1, 0.15) is 47.3 Å². The van der Waals surface area contributed by atoms with E-state index in [9.17, 15) is 4.79 Å². The molecule has 25 heavy (non-hydrogen) atoms. The minimum absolute atomic E-state index is 0.240. The summed E-state index contributed by atoms with van der Waals surface area (Å²) in [4.78, 5) is 20.7. The Hall–Kier alpha value is -2.41. The van der Waals surface area contributed by atoms with E-state index < -0.39 is 0 Å². The van der Waals surface area contributed by atoms with E-state index in [1.807, 2.05) is 19.1 Å². The van der Waals surface area contributed by atoms with Gasteiger partial charge in [-0.1, -0.05) is 0 Å². The van der Waals surface area contributed by atoms with Gasteiger partial charge in [-0.25, -0.2) is 9.97 Å². The second kappa shape index (κ2) is 8.11. The van der Waals surface area contributed by atoms with Crippen LogP contribution < -0.4 is 10.1 Å². The molecular formula is C18H23N3O4. The molecule has 1 aliphatic carbocycles. The number of nitrogens with one attached hydrogen (secondary N) is 1. The Bertz CT molecular complexity index is 695. The highest BCUT2D eigenvalue weighted by molar-refractivity contribution is 5.92. The van der Waals surface area contributed by atoms with Crippen molar-refractivity contribution in [3.8, 4) is 5.88 Å². The van der Waals surface area contributed by atoms with Crippen LogP contribution in [-0.2, 0) is 4.74 Å². The maximum atomic E-state index is 12.4. The first kappa shape index (κ1) is 17.4. The maximum Gasteiger partial charge on any atom is 0.272 e. The third-order valence-corrected chi connectivity index (χ3v) is 4.05. The van der Waals surface area contributed by atoms with Gasteiger partial charge in [-0.3, -0.25) is 4.79 Å². The molecular weight excluding hydrogens is 322 g/mol. The van der Waals surface area contributed by atoms with Crippen molar-refractivity contribution in [2.24, 2.45) is 5.92 Å². The summed E-state index contributed by atoms with van der Waals surface area (Å²) in [5.41, 5.74) is 0.240. The molecule has 2 heterocycles. The van der Waals surface area contributed by atoms with Gasteiger partial charge in [-0.05, 0) is 44.2 Å². The zero-order valence-corrected chi connectivity index (χ0v) is 14.5. The number of nitrogens with zero attached hydrogens (tertiary/aromatic N) is 2. The lowest BCUT2D eigenvalue weighted by molar-refractivity contribution is 0.0911. The monoisotopic (exact) mass is 345 g/mol. The second-order valence-electron chi connectivity index (χ2n) is 6.25. The molecule has 2 aromatic rings. The predicted octanol–water partition coefficient (Wildman–Crippen LogP) is 2.67. The summed E-state index contributed by atoms with van der Waals surface area (Å²) < 4.78 is 16.3. The summed E-state index contributed by atoms with van der Waals surface area (Å²) in [6.07, 6.45) is 5.94. The normalized spacial score (nSPS) is 15.0. The first-order valence-corrected chi connectivity index (χ1v) is 8.46. The number of furan rings is 1. The Balaban J connectivity index is 1.61. The Kier molecular flexibility index (Phi) is 5.65. The summed E-state index contributed by atoms with van der Waals surface area (Å²) in [6, 6.07) is 3.44. The molecule has 3 rings (SSSR count). The number of carbonyl (C=O) groups is 1. The standard InChI is InChI=1S/C18H23N3O4/c1-12-3-6-16(25-12)14(7-8-23-2)21-18(22)15-9-20-17(10-19-15)24-11-13-4-5-13/h3,6,9-10,13-14H,4-5,7-8,11H2,1-2H3,(H,21,22). The van der Waals surface area contributed by atoms with Crippen LogP contribution in [0.15, 0.2) is 28.9 Å². The molecule has 0 aliphatic heterocycles. The first-order valence-electron chi connectivity index (χ1n) is 8.46. The average Bonchev–Trinajstić information content (AvgIpc) is 3.36. The Morgan fingerprint density at radius 2 is 2.20 bits per heavy atom. The number of amides is 1. The van der Waals surface area contributed by atoms with Gasteiger partial charge < -0.3 is 19.2 Å². The maximum absolute atomic E-state index is 12.4. The van der Waals surface area contributed by atoms with Crippen molar-refractivity contribution < 1.29 is 18.7 Å². The van der Waals surface area contributed by atoms with Gasteiger partial charge >= 0.3 is 0 Å². The number of hydrogen-bond donors (Lipinski definition) is 1. The Morgan fingerprint density at radius 3 is 2.80 bits per heavy atom. The van der Waals surface area contributed by atoms with E-state index in [0.29, 0.717) is 37.2 Å². The summed E-state index contributed by atoms with van der Waals surface area (Å²) in [7, 11) is 1.62. The number of methoxy groups -OCH3 is 1. The van der Waals surface area contributed by atoms with Crippen molar-refractivity contribution in [3.05, 3.63) is 41.7 Å². The van der Waals surface area contributed by atoms with Crippen molar-refractivity contribution in [2.45, 2.75) is 32.2 Å². The van der Waals surface area contributed by atoms with E-state index in [4.69, 9.17) is 13.9 Å². The van der Waals surface area contributed by atoms with E-state index >= 15 is 0 Å². The van der Waals surface area contributed by atoms with Gasteiger partial charge in [0.25, 0.3) is 5.91 Å². The van der Waals surface area contributed by atoms with Crippen LogP contribution >= 0.6 is 0 Å². The van der Waals surface area contributed by atoms with E-state index in [1.54, 1.807) is 7.11 Å². The molecule has 0 spiro atoms. The Morgan fingerprint density at radius 1 is 1.36 bits per heavy atom. The van der Waals surface area contributed by atoms with E-state index in [1.165, 1.54) is 25.2 Å². The molecule has 134 valence electrons. The van der Waals surface area contributed by atoms with Gasteiger partial charge in [0, 0.05) is 13.7 Å². The molecule has 2 aromatic heterocycles. The number of hydrogen-bond acceptors (Lipinski definition) is 6. The van der Waals surface area contributed by atoms with Crippen LogP contribution in [0.5, 0.6) is 5.88 Å². The van der Waals surface area contributed by atoms with Gasteiger partial charge in [0.2, 0.25) is 5.88 Å². The molecule has 0 radical (unpaired) electrons. The molecule has 0 aromatic carbocycles. The van der Waals surface area contributed by atoms with Crippen LogP contribution in [0, 0.1) is 12.8 Å². The molecule has 1 amide bonds. The van der Waals surface area contributed by atoms with Crippen LogP contribution in [0.2, 0.25) is 0 Å². The van der Waals surface area contributed by atoms with Crippen LogP contribution in [0.3, 0.4) is 0 Å².